The van der Waals surface area contributed by atoms with Crippen LogP contribution in [0.25, 0.3) is 16.7 Å². The van der Waals surface area contributed by atoms with Crippen molar-refractivity contribution in [1.29, 1.82) is 0 Å². The maximum atomic E-state index is 13.4. The average Bonchev–Trinajstić information content (AvgIpc) is 3.80. The summed E-state index contributed by atoms with van der Waals surface area (Å²) in [4.78, 5) is 18.4. The van der Waals surface area contributed by atoms with Crippen LogP contribution in [0.5, 0.6) is 0 Å². The molecule has 2 aliphatic carbocycles. The van der Waals surface area contributed by atoms with E-state index in [0.29, 0.717) is 29.1 Å². The van der Waals surface area contributed by atoms with Crippen molar-refractivity contribution < 1.29 is 9.53 Å². The molecule has 6 rings (SSSR count). The highest BCUT2D eigenvalue weighted by Crippen LogP contribution is 2.45. The van der Waals surface area contributed by atoms with Gasteiger partial charge in [0.05, 0.1) is 28.4 Å². The zero-order valence-corrected chi connectivity index (χ0v) is 19.7. The highest BCUT2D eigenvalue weighted by molar-refractivity contribution is 7.80. The number of nitrogens with zero attached hydrogens (tertiary/aromatic N) is 3. The quantitative estimate of drug-likeness (QED) is 0.371. The Hall–Kier alpha value is -3.04. The first-order valence-electron chi connectivity index (χ1n) is 12.1. The Kier molecular flexibility index (Phi) is 5.66. The predicted octanol–water partition coefficient (Wildman–Crippen LogP) is 3.46. The third kappa shape index (κ3) is 4.37. The molecule has 34 heavy (non-hydrogen) atoms. The molecule has 0 spiro atoms. The topological polar surface area (TPSA) is 93.1 Å². The average molecular weight is 477 g/mol. The fraction of sp³-hybridized carbons (Fsp3) is 0.440. The van der Waals surface area contributed by atoms with E-state index in [1.807, 2.05) is 41.1 Å². The van der Waals surface area contributed by atoms with Gasteiger partial charge in [-0.2, -0.15) is 5.10 Å². The molecule has 1 atom stereocenters. The van der Waals surface area contributed by atoms with E-state index in [-0.39, 0.29) is 12.0 Å². The van der Waals surface area contributed by atoms with Gasteiger partial charge >= 0.3 is 0 Å². The summed E-state index contributed by atoms with van der Waals surface area (Å²) in [6, 6.07) is 12.0. The molecule has 1 aromatic carbocycles. The molecule has 2 aromatic heterocycles. The van der Waals surface area contributed by atoms with Gasteiger partial charge in [-0.05, 0) is 68.9 Å². The third-order valence-electron chi connectivity index (χ3n) is 6.69. The number of nitrogens with one attached hydrogen (secondary N) is 3. The van der Waals surface area contributed by atoms with Gasteiger partial charge in [0.25, 0.3) is 5.91 Å². The minimum Gasteiger partial charge on any atom is -0.376 e. The lowest BCUT2D eigenvalue weighted by Gasteiger charge is -2.15. The lowest BCUT2D eigenvalue weighted by molar-refractivity contribution is 0.0944. The van der Waals surface area contributed by atoms with Crippen LogP contribution < -0.4 is 16.2 Å². The number of para-hydroxylation sites is 1. The van der Waals surface area contributed by atoms with E-state index in [4.69, 9.17) is 27.0 Å². The Morgan fingerprint density at radius 3 is 2.59 bits per heavy atom. The van der Waals surface area contributed by atoms with Crippen molar-refractivity contribution in [3.8, 4) is 5.69 Å². The molecule has 2 saturated carbocycles. The lowest BCUT2D eigenvalue weighted by Crippen LogP contribution is -2.48. The van der Waals surface area contributed by atoms with Crippen molar-refractivity contribution >= 4 is 34.3 Å². The predicted molar refractivity (Wildman–Crippen MR) is 133 cm³/mol. The molecular weight excluding hydrogens is 448 g/mol. The first-order chi connectivity index (χ1) is 16.7. The maximum Gasteiger partial charge on any atom is 0.270 e. The number of fused-ring (bicyclic) bond motifs is 1. The van der Waals surface area contributed by atoms with Crippen molar-refractivity contribution in [3.63, 3.8) is 0 Å². The molecule has 9 heteroatoms. The fourth-order valence-electron chi connectivity index (χ4n) is 4.56. The molecule has 0 radical (unpaired) electrons. The van der Waals surface area contributed by atoms with Crippen LogP contribution in [-0.2, 0) is 4.74 Å². The van der Waals surface area contributed by atoms with Crippen molar-refractivity contribution in [1.82, 2.24) is 30.9 Å². The van der Waals surface area contributed by atoms with E-state index in [2.05, 4.69) is 16.2 Å². The SMILES string of the molecule is O=C(NNC(=S)NC[C@H]1CCCO1)c1cc(C2CC2)nc2c1c(C1CC1)nn2-c1ccccc1. The van der Waals surface area contributed by atoms with Crippen LogP contribution in [0.4, 0.5) is 0 Å². The molecule has 3 aliphatic rings. The second kappa shape index (κ2) is 8.96. The monoisotopic (exact) mass is 476 g/mol. The van der Waals surface area contributed by atoms with Crippen LogP contribution >= 0.6 is 12.2 Å². The first-order valence-corrected chi connectivity index (χ1v) is 12.5. The van der Waals surface area contributed by atoms with Gasteiger partial charge in [0.1, 0.15) is 0 Å². The molecule has 8 nitrogen and oxygen atoms in total. The Morgan fingerprint density at radius 2 is 1.88 bits per heavy atom. The zero-order valence-electron chi connectivity index (χ0n) is 18.9. The molecule has 3 fully saturated rings. The fourth-order valence-corrected chi connectivity index (χ4v) is 4.69. The van der Waals surface area contributed by atoms with Crippen LogP contribution in [0.1, 0.15) is 72.1 Å². The molecule has 1 aliphatic heterocycles. The number of thiocarbonyl (C=S) groups is 1. The second-order valence-electron chi connectivity index (χ2n) is 9.40. The van der Waals surface area contributed by atoms with Crippen LogP contribution in [0.15, 0.2) is 36.4 Å². The van der Waals surface area contributed by atoms with E-state index in [9.17, 15) is 4.79 Å². The van der Waals surface area contributed by atoms with Gasteiger partial charge in [0, 0.05) is 30.7 Å². The Bertz CT molecular complexity index is 1230. The number of carbonyl (C=O) groups excluding carboxylic acids is 1. The smallest absolute Gasteiger partial charge is 0.270 e. The highest BCUT2D eigenvalue weighted by Gasteiger charge is 2.34. The van der Waals surface area contributed by atoms with E-state index in [0.717, 1.165) is 73.2 Å². The summed E-state index contributed by atoms with van der Waals surface area (Å²) in [5.41, 5.74) is 9.86. The number of rotatable bonds is 6. The molecule has 3 aromatic rings. The number of pyridine rings is 1. The summed E-state index contributed by atoms with van der Waals surface area (Å²) in [6.45, 7) is 1.42. The summed E-state index contributed by atoms with van der Waals surface area (Å²) in [7, 11) is 0. The Labute approximate surface area is 203 Å². The van der Waals surface area contributed by atoms with Crippen molar-refractivity contribution in [2.24, 2.45) is 0 Å². The standard InChI is InChI=1S/C25H28N6O2S/c32-24(28-29-25(34)26-14-18-7-4-12-33-18)19-13-20(15-8-9-15)27-23-21(19)22(16-10-11-16)30-31(23)17-5-2-1-3-6-17/h1-3,5-6,13,15-16,18H,4,7-12,14H2,(H,28,32)(H2,26,29,34)/t18-/m1/s1. The van der Waals surface area contributed by atoms with Crippen LogP contribution in [-0.4, -0.2) is 45.0 Å². The minimum atomic E-state index is -0.231. The molecular formula is C25H28N6O2S. The van der Waals surface area contributed by atoms with Gasteiger partial charge in [-0.1, -0.05) is 18.2 Å². The summed E-state index contributed by atoms with van der Waals surface area (Å²) in [5.74, 6) is 0.543. The van der Waals surface area contributed by atoms with Gasteiger partial charge in [-0.25, -0.2) is 9.67 Å². The molecule has 0 unspecified atom stereocenters. The normalized spacial score (nSPS) is 19.8. The first kappa shape index (κ1) is 21.5. The summed E-state index contributed by atoms with van der Waals surface area (Å²) >= 11 is 5.35. The summed E-state index contributed by atoms with van der Waals surface area (Å²) < 4.78 is 7.51. The summed E-state index contributed by atoms with van der Waals surface area (Å²) in [5, 5.41) is 9.30. The van der Waals surface area contributed by atoms with E-state index >= 15 is 0 Å². The van der Waals surface area contributed by atoms with Crippen molar-refractivity contribution in [3.05, 3.63) is 53.3 Å². The van der Waals surface area contributed by atoms with Gasteiger partial charge in [-0.15, -0.1) is 0 Å². The van der Waals surface area contributed by atoms with Gasteiger partial charge in [0.15, 0.2) is 10.8 Å². The number of hydrazine groups is 1. The number of benzene rings is 1. The Balaban J connectivity index is 1.30. The summed E-state index contributed by atoms with van der Waals surface area (Å²) in [6.07, 6.45) is 6.64. The third-order valence-corrected chi connectivity index (χ3v) is 6.94. The molecule has 3 N–H and O–H groups in total. The molecule has 1 amide bonds. The highest BCUT2D eigenvalue weighted by atomic mass is 32.1. The van der Waals surface area contributed by atoms with E-state index < -0.39 is 0 Å². The van der Waals surface area contributed by atoms with Gasteiger partial charge in [-0.3, -0.25) is 15.6 Å². The van der Waals surface area contributed by atoms with Crippen LogP contribution in [0, 0.1) is 0 Å². The lowest BCUT2D eigenvalue weighted by atomic mass is 10.1. The molecule has 3 heterocycles. The number of ether oxygens (including phenoxy) is 1. The largest absolute Gasteiger partial charge is 0.376 e. The number of carbonyl (C=O) groups is 1. The van der Waals surface area contributed by atoms with Crippen LogP contribution in [0.2, 0.25) is 0 Å². The van der Waals surface area contributed by atoms with Crippen LogP contribution in [0.3, 0.4) is 0 Å². The van der Waals surface area contributed by atoms with Crippen molar-refractivity contribution in [2.75, 3.05) is 13.2 Å². The number of hydrogen-bond donors (Lipinski definition) is 3. The maximum absolute atomic E-state index is 13.4. The minimum absolute atomic E-state index is 0.168. The number of amides is 1. The van der Waals surface area contributed by atoms with E-state index in [1.165, 1.54) is 0 Å². The zero-order chi connectivity index (χ0) is 23.1. The number of hydrogen-bond acceptors (Lipinski definition) is 5. The molecule has 176 valence electrons. The van der Waals surface area contributed by atoms with Gasteiger partial charge < -0.3 is 10.1 Å². The molecule has 1 saturated heterocycles. The molecule has 0 bridgehead atoms. The van der Waals surface area contributed by atoms with Gasteiger partial charge in [0.2, 0.25) is 0 Å². The number of aromatic nitrogens is 3. The van der Waals surface area contributed by atoms with Crippen molar-refractivity contribution in [2.45, 2.75) is 56.5 Å². The van der Waals surface area contributed by atoms with E-state index in [1.54, 1.807) is 0 Å². The second-order valence-corrected chi connectivity index (χ2v) is 9.81. The Morgan fingerprint density at radius 1 is 1.09 bits per heavy atom.